The van der Waals surface area contributed by atoms with Gasteiger partial charge in [0.2, 0.25) is 0 Å². The molecule has 0 saturated heterocycles. The summed E-state index contributed by atoms with van der Waals surface area (Å²) in [6.07, 6.45) is 0.612. The van der Waals surface area contributed by atoms with E-state index in [1.54, 1.807) is 21.3 Å². The molecule has 2 aromatic rings. The monoisotopic (exact) mass is 262 g/mol. The van der Waals surface area contributed by atoms with Gasteiger partial charge in [0.05, 0.1) is 19.9 Å². The molecule has 0 saturated carbocycles. The van der Waals surface area contributed by atoms with Crippen molar-refractivity contribution in [3.05, 3.63) is 35.2 Å². The van der Waals surface area contributed by atoms with E-state index in [0.717, 1.165) is 28.5 Å². The van der Waals surface area contributed by atoms with Crippen molar-refractivity contribution in [3.8, 4) is 11.5 Å². The lowest BCUT2D eigenvalue weighted by atomic mass is 10.1. The summed E-state index contributed by atoms with van der Waals surface area (Å²) in [5.74, 6) is 2.42. The van der Waals surface area contributed by atoms with Crippen molar-refractivity contribution in [2.75, 3.05) is 26.6 Å². The SMILES string of the molecule is CNc1nc(C)c(Cc2cc(OC)ccc2OC)o1. The number of hydrogen-bond donors (Lipinski definition) is 1. The zero-order chi connectivity index (χ0) is 13.8. The molecule has 0 radical (unpaired) electrons. The van der Waals surface area contributed by atoms with E-state index in [1.165, 1.54) is 0 Å². The number of ether oxygens (including phenoxy) is 2. The molecule has 0 bridgehead atoms. The second kappa shape index (κ2) is 5.65. The molecular weight excluding hydrogens is 244 g/mol. The number of anilines is 1. The average Bonchev–Trinajstić information content (AvgIpc) is 2.79. The van der Waals surface area contributed by atoms with Gasteiger partial charge >= 0.3 is 0 Å². The van der Waals surface area contributed by atoms with Crippen LogP contribution in [0.1, 0.15) is 17.0 Å². The van der Waals surface area contributed by atoms with Crippen LogP contribution in [0.4, 0.5) is 6.01 Å². The van der Waals surface area contributed by atoms with E-state index in [9.17, 15) is 0 Å². The van der Waals surface area contributed by atoms with E-state index >= 15 is 0 Å². The number of hydrogen-bond acceptors (Lipinski definition) is 5. The molecule has 5 nitrogen and oxygen atoms in total. The van der Waals surface area contributed by atoms with Crippen molar-refractivity contribution in [1.29, 1.82) is 0 Å². The molecule has 0 amide bonds. The van der Waals surface area contributed by atoms with E-state index in [0.29, 0.717) is 12.4 Å². The summed E-state index contributed by atoms with van der Waals surface area (Å²) in [7, 11) is 5.07. The van der Waals surface area contributed by atoms with Crippen LogP contribution in [0.25, 0.3) is 0 Å². The van der Waals surface area contributed by atoms with Gasteiger partial charge < -0.3 is 19.2 Å². The van der Waals surface area contributed by atoms with Crippen LogP contribution in [0.2, 0.25) is 0 Å². The number of oxazole rings is 1. The van der Waals surface area contributed by atoms with Crippen LogP contribution in [-0.2, 0) is 6.42 Å². The third kappa shape index (κ3) is 2.81. The maximum absolute atomic E-state index is 5.62. The fraction of sp³-hybridized carbons (Fsp3) is 0.357. The second-order valence-electron chi connectivity index (χ2n) is 4.13. The lowest BCUT2D eigenvalue weighted by Gasteiger charge is -2.09. The number of aryl methyl sites for hydroxylation is 1. The number of rotatable bonds is 5. The summed E-state index contributed by atoms with van der Waals surface area (Å²) < 4.78 is 16.2. The molecule has 2 rings (SSSR count). The molecule has 1 aromatic carbocycles. The van der Waals surface area contributed by atoms with Gasteiger partial charge in [-0.2, -0.15) is 4.98 Å². The first-order valence-electron chi connectivity index (χ1n) is 6.03. The van der Waals surface area contributed by atoms with Crippen LogP contribution in [0, 0.1) is 6.92 Å². The van der Waals surface area contributed by atoms with Crippen LogP contribution in [0.5, 0.6) is 11.5 Å². The number of methoxy groups -OCH3 is 2. The number of nitrogens with one attached hydrogen (secondary N) is 1. The zero-order valence-corrected chi connectivity index (χ0v) is 11.6. The van der Waals surface area contributed by atoms with E-state index in [-0.39, 0.29) is 0 Å². The van der Waals surface area contributed by atoms with E-state index in [4.69, 9.17) is 13.9 Å². The van der Waals surface area contributed by atoms with Crippen molar-refractivity contribution >= 4 is 6.01 Å². The molecule has 0 aliphatic heterocycles. The Kier molecular flexibility index (Phi) is 3.94. The van der Waals surface area contributed by atoms with E-state index < -0.39 is 0 Å². The molecular formula is C14H18N2O3. The third-order valence-corrected chi connectivity index (χ3v) is 2.95. The van der Waals surface area contributed by atoms with Gasteiger partial charge in [-0.15, -0.1) is 0 Å². The summed E-state index contributed by atoms with van der Waals surface area (Å²) in [4.78, 5) is 4.27. The Hall–Kier alpha value is -2.17. The van der Waals surface area contributed by atoms with Crippen LogP contribution in [-0.4, -0.2) is 26.3 Å². The molecule has 19 heavy (non-hydrogen) atoms. The van der Waals surface area contributed by atoms with Gasteiger partial charge in [-0.1, -0.05) is 0 Å². The van der Waals surface area contributed by atoms with Gasteiger partial charge in [-0.3, -0.25) is 0 Å². The van der Waals surface area contributed by atoms with Gasteiger partial charge in [0, 0.05) is 19.0 Å². The molecule has 0 aliphatic rings. The van der Waals surface area contributed by atoms with Crippen LogP contribution < -0.4 is 14.8 Å². The number of aromatic nitrogens is 1. The molecule has 1 heterocycles. The Morgan fingerprint density at radius 1 is 1.26 bits per heavy atom. The summed E-state index contributed by atoms with van der Waals surface area (Å²) >= 11 is 0. The molecule has 0 aliphatic carbocycles. The molecule has 0 fully saturated rings. The summed E-state index contributed by atoms with van der Waals surface area (Å²) in [5, 5.41) is 2.89. The van der Waals surface area contributed by atoms with E-state index in [1.807, 2.05) is 25.1 Å². The van der Waals surface area contributed by atoms with Crippen molar-refractivity contribution in [2.45, 2.75) is 13.3 Å². The highest BCUT2D eigenvalue weighted by Crippen LogP contribution is 2.28. The summed E-state index contributed by atoms with van der Waals surface area (Å²) in [5.41, 5.74) is 1.87. The first-order valence-corrected chi connectivity index (χ1v) is 6.03. The molecule has 1 aromatic heterocycles. The second-order valence-corrected chi connectivity index (χ2v) is 4.13. The molecule has 102 valence electrons. The van der Waals surface area contributed by atoms with Gasteiger partial charge in [0.15, 0.2) is 0 Å². The lowest BCUT2D eigenvalue weighted by Crippen LogP contribution is -1.95. The van der Waals surface area contributed by atoms with E-state index in [2.05, 4.69) is 10.3 Å². The number of benzene rings is 1. The minimum atomic E-state index is 0.523. The first-order chi connectivity index (χ1) is 9.17. The number of nitrogens with zero attached hydrogens (tertiary/aromatic N) is 1. The third-order valence-electron chi connectivity index (χ3n) is 2.95. The molecule has 0 atom stereocenters. The highest BCUT2D eigenvalue weighted by Gasteiger charge is 2.13. The zero-order valence-electron chi connectivity index (χ0n) is 11.6. The molecule has 0 spiro atoms. The summed E-state index contributed by atoms with van der Waals surface area (Å²) in [6.45, 7) is 1.92. The predicted octanol–water partition coefficient (Wildman–Crippen LogP) is 2.63. The Balaban J connectivity index is 2.33. The minimum absolute atomic E-state index is 0.523. The Morgan fingerprint density at radius 2 is 2.05 bits per heavy atom. The van der Waals surface area contributed by atoms with Crippen LogP contribution in [0.15, 0.2) is 22.6 Å². The largest absolute Gasteiger partial charge is 0.497 e. The van der Waals surface area contributed by atoms with Crippen molar-refractivity contribution in [1.82, 2.24) is 4.98 Å². The smallest absolute Gasteiger partial charge is 0.294 e. The van der Waals surface area contributed by atoms with Gasteiger partial charge in [0.25, 0.3) is 6.01 Å². The first kappa shape index (κ1) is 13.3. The molecule has 5 heteroatoms. The predicted molar refractivity (Wildman–Crippen MR) is 73.1 cm³/mol. The molecule has 0 unspecified atom stereocenters. The summed E-state index contributed by atoms with van der Waals surface area (Å²) in [6, 6.07) is 6.22. The fourth-order valence-corrected chi connectivity index (χ4v) is 1.89. The molecule has 1 N–H and O–H groups in total. The maximum atomic E-state index is 5.62. The van der Waals surface area contributed by atoms with Gasteiger partial charge in [-0.25, -0.2) is 0 Å². The topological polar surface area (TPSA) is 56.5 Å². The van der Waals surface area contributed by atoms with Crippen LogP contribution in [0.3, 0.4) is 0 Å². The quantitative estimate of drug-likeness (QED) is 0.897. The normalized spacial score (nSPS) is 10.3. The Morgan fingerprint density at radius 3 is 2.63 bits per heavy atom. The van der Waals surface area contributed by atoms with Crippen molar-refractivity contribution < 1.29 is 13.9 Å². The maximum Gasteiger partial charge on any atom is 0.294 e. The minimum Gasteiger partial charge on any atom is -0.497 e. The van der Waals surface area contributed by atoms with Crippen LogP contribution >= 0.6 is 0 Å². The van der Waals surface area contributed by atoms with Crippen molar-refractivity contribution in [3.63, 3.8) is 0 Å². The Bertz CT molecular complexity index is 564. The fourth-order valence-electron chi connectivity index (χ4n) is 1.89. The average molecular weight is 262 g/mol. The van der Waals surface area contributed by atoms with Gasteiger partial charge in [-0.05, 0) is 25.1 Å². The standard InChI is InChI=1S/C14H18N2O3/c1-9-13(19-14(15-2)16-9)8-10-7-11(17-3)5-6-12(10)18-4/h5-7H,8H2,1-4H3,(H,15,16). The van der Waals surface area contributed by atoms with Crippen molar-refractivity contribution in [2.24, 2.45) is 0 Å². The lowest BCUT2D eigenvalue weighted by molar-refractivity contribution is 0.398. The van der Waals surface area contributed by atoms with Gasteiger partial charge in [0.1, 0.15) is 17.3 Å². The highest BCUT2D eigenvalue weighted by molar-refractivity contribution is 5.42. The highest BCUT2D eigenvalue weighted by atomic mass is 16.5. The Labute approximate surface area is 112 Å².